The van der Waals surface area contributed by atoms with E-state index in [0.29, 0.717) is 16.9 Å². The average Bonchev–Trinajstić information content (AvgIpc) is 2.78. The highest BCUT2D eigenvalue weighted by Gasteiger charge is 2.63. The van der Waals surface area contributed by atoms with Gasteiger partial charge in [0.05, 0.1) is 16.9 Å². The van der Waals surface area contributed by atoms with E-state index in [1.54, 1.807) is 12.1 Å². The zero-order valence-corrected chi connectivity index (χ0v) is 16.4. The predicted octanol–water partition coefficient (Wildman–Crippen LogP) is 3.44. The molecular formula is C22H19N3O5. The number of ether oxygens (including phenoxy) is 3. The van der Waals surface area contributed by atoms with Gasteiger partial charge in [0.1, 0.15) is 5.75 Å². The molecule has 0 saturated heterocycles. The zero-order chi connectivity index (χ0) is 21.5. The minimum absolute atomic E-state index is 0.0612. The van der Waals surface area contributed by atoms with Crippen LogP contribution in [0, 0.1) is 21.4 Å². The molecule has 0 fully saturated rings. The summed E-state index contributed by atoms with van der Waals surface area (Å²) in [5.41, 5.74) is 6.03. The summed E-state index contributed by atoms with van der Waals surface area (Å²) in [7, 11) is 2.71. The molecule has 1 heterocycles. The van der Waals surface area contributed by atoms with E-state index in [1.807, 2.05) is 36.4 Å². The van der Waals surface area contributed by atoms with Gasteiger partial charge < -0.3 is 19.9 Å². The van der Waals surface area contributed by atoms with Crippen LogP contribution in [0.5, 0.6) is 5.75 Å². The standard InChI is InChI=1S/C22H19N3O5/c1-28-22(29-2)21(24,13-23)19(15-7-10-16(11-8-15)25(26)27)18-12-9-14-5-3-4-6-17(14)20(18)30-22/h3-12,19H,24H2,1-2H3. The largest absolute Gasteiger partial charge is 0.436 e. The van der Waals surface area contributed by atoms with Crippen LogP contribution in [0.4, 0.5) is 5.69 Å². The lowest BCUT2D eigenvalue weighted by atomic mass is 9.72. The molecule has 3 aromatic rings. The topological polar surface area (TPSA) is 121 Å². The van der Waals surface area contributed by atoms with E-state index in [1.165, 1.54) is 26.4 Å². The highest BCUT2D eigenvalue weighted by Crippen LogP contribution is 2.52. The molecular weight excluding hydrogens is 386 g/mol. The molecule has 4 rings (SSSR count). The van der Waals surface area contributed by atoms with E-state index in [4.69, 9.17) is 19.9 Å². The van der Waals surface area contributed by atoms with Crippen molar-refractivity contribution in [2.75, 3.05) is 14.2 Å². The van der Waals surface area contributed by atoms with Crippen LogP contribution >= 0.6 is 0 Å². The number of non-ortho nitro benzene ring substituents is 1. The van der Waals surface area contributed by atoms with Crippen molar-refractivity contribution in [1.29, 1.82) is 5.26 Å². The molecule has 2 N–H and O–H groups in total. The van der Waals surface area contributed by atoms with Gasteiger partial charge in [-0.3, -0.25) is 10.1 Å². The second kappa shape index (κ2) is 7.07. The number of nitriles is 1. The van der Waals surface area contributed by atoms with Gasteiger partial charge in [-0.2, -0.15) is 5.26 Å². The third-order valence-corrected chi connectivity index (χ3v) is 5.58. The normalized spacial score (nSPS) is 22.0. The summed E-state index contributed by atoms with van der Waals surface area (Å²) in [6.45, 7) is 0. The highest BCUT2D eigenvalue weighted by atomic mass is 16.9. The molecule has 3 aromatic carbocycles. The molecule has 1 aliphatic heterocycles. The number of nitrogens with zero attached hydrogens (tertiary/aromatic N) is 2. The average molecular weight is 405 g/mol. The van der Waals surface area contributed by atoms with Gasteiger partial charge in [-0.15, -0.1) is 0 Å². The van der Waals surface area contributed by atoms with Crippen molar-refractivity contribution < 1.29 is 19.1 Å². The smallest absolute Gasteiger partial charge is 0.360 e. The lowest BCUT2D eigenvalue weighted by molar-refractivity contribution is -0.384. The number of hydrogen-bond acceptors (Lipinski definition) is 7. The second-order valence-corrected chi connectivity index (χ2v) is 7.03. The number of nitrogens with two attached hydrogens (primary N) is 1. The van der Waals surface area contributed by atoms with Crippen LogP contribution in [0.2, 0.25) is 0 Å². The van der Waals surface area contributed by atoms with Crippen molar-refractivity contribution >= 4 is 16.5 Å². The lowest BCUT2D eigenvalue weighted by Gasteiger charge is -2.49. The van der Waals surface area contributed by atoms with Gasteiger partial charge in [0.2, 0.25) is 5.54 Å². The highest BCUT2D eigenvalue weighted by molar-refractivity contribution is 5.90. The first-order valence-electron chi connectivity index (χ1n) is 9.16. The Hall–Kier alpha value is -3.51. The predicted molar refractivity (Wildman–Crippen MR) is 109 cm³/mol. The van der Waals surface area contributed by atoms with Crippen LogP contribution in [-0.4, -0.2) is 30.7 Å². The molecule has 0 saturated carbocycles. The van der Waals surface area contributed by atoms with Crippen molar-refractivity contribution in [3.05, 3.63) is 81.9 Å². The summed E-state index contributed by atoms with van der Waals surface area (Å²) in [5.74, 6) is -2.15. The molecule has 0 spiro atoms. The molecule has 0 bridgehead atoms. The Balaban J connectivity index is 2.04. The number of nitro benzene ring substituents is 1. The van der Waals surface area contributed by atoms with Crippen molar-refractivity contribution in [2.24, 2.45) is 5.73 Å². The van der Waals surface area contributed by atoms with Crippen molar-refractivity contribution in [1.82, 2.24) is 0 Å². The van der Waals surface area contributed by atoms with Crippen molar-refractivity contribution in [3.8, 4) is 11.8 Å². The SMILES string of the molecule is COC1(OC)Oc2c(ccc3ccccc23)C(c2ccc([N+](=O)[O-])cc2)C1(N)C#N. The molecule has 2 unspecified atom stereocenters. The van der Waals surface area contributed by atoms with Crippen LogP contribution < -0.4 is 10.5 Å². The molecule has 152 valence electrons. The van der Waals surface area contributed by atoms with Crippen molar-refractivity contribution in [2.45, 2.75) is 17.4 Å². The summed E-state index contributed by atoms with van der Waals surface area (Å²) < 4.78 is 17.3. The Morgan fingerprint density at radius 1 is 1.10 bits per heavy atom. The molecule has 0 aliphatic carbocycles. The van der Waals surface area contributed by atoms with Crippen LogP contribution in [0.3, 0.4) is 0 Å². The Morgan fingerprint density at radius 2 is 1.77 bits per heavy atom. The van der Waals surface area contributed by atoms with Gasteiger partial charge in [-0.1, -0.05) is 48.5 Å². The van der Waals surface area contributed by atoms with Gasteiger partial charge in [-0.25, -0.2) is 0 Å². The lowest BCUT2D eigenvalue weighted by Crippen LogP contribution is -2.70. The van der Waals surface area contributed by atoms with Gasteiger partial charge in [-0.05, 0) is 10.9 Å². The maximum absolute atomic E-state index is 11.1. The van der Waals surface area contributed by atoms with Crippen molar-refractivity contribution in [3.63, 3.8) is 0 Å². The summed E-state index contributed by atoms with van der Waals surface area (Å²) in [4.78, 5) is 10.6. The monoisotopic (exact) mass is 405 g/mol. The third kappa shape index (κ3) is 2.64. The molecule has 0 aromatic heterocycles. The molecule has 1 aliphatic rings. The minimum Gasteiger partial charge on any atom is -0.436 e. The summed E-state index contributed by atoms with van der Waals surface area (Å²) in [6, 6.07) is 19.4. The summed E-state index contributed by atoms with van der Waals surface area (Å²) in [5, 5.41) is 23.0. The summed E-state index contributed by atoms with van der Waals surface area (Å²) >= 11 is 0. The first-order chi connectivity index (χ1) is 14.4. The number of methoxy groups -OCH3 is 2. The number of hydrogen-bond donors (Lipinski definition) is 1. The number of benzene rings is 3. The minimum atomic E-state index is -1.90. The van der Waals surface area contributed by atoms with Gasteiger partial charge >= 0.3 is 5.97 Å². The van der Waals surface area contributed by atoms with E-state index in [9.17, 15) is 15.4 Å². The van der Waals surface area contributed by atoms with Crippen LogP contribution in [-0.2, 0) is 9.47 Å². The molecule has 0 radical (unpaired) electrons. The quantitative estimate of drug-likeness (QED) is 0.401. The Labute approximate surface area is 172 Å². The maximum Gasteiger partial charge on any atom is 0.360 e. The third-order valence-electron chi connectivity index (χ3n) is 5.58. The number of nitro groups is 1. The Kier molecular flexibility index (Phi) is 4.67. The number of fused-ring (bicyclic) bond motifs is 3. The Bertz CT molecular complexity index is 1170. The first kappa shape index (κ1) is 19.8. The molecule has 8 nitrogen and oxygen atoms in total. The maximum atomic E-state index is 11.1. The van der Waals surface area contributed by atoms with Crippen LogP contribution in [0.15, 0.2) is 60.7 Å². The van der Waals surface area contributed by atoms with Crippen LogP contribution in [0.25, 0.3) is 10.8 Å². The second-order valence-electron chi connectivity index (χ2n) is 7.03. The van der Waals surface area contributed by atoms with E-state index in [0.717, 1.165) is 10.8 Å². The van der Waals surface area contributed by atoms with Crippen LogP contribution in [0.1, 0.15) is 17.0 Å². The molecule has 8 heteroatoms. The van der Waals surface area contributed by atoms with E-state index < -0.39 is 22.4 Å². The van der Waals surface area contributed by atoms with E-state index in [2.05, 4.69) is 6.07 Å². The van der Waals surface area contributed by atoms with Gasteiger partial charge in [0, 0.05) is 37.3 Å². The molecule has 2 atom stereocenters. The molecule has 30 heavy (non-hydrogen) atoms. The van der Waals surface area contributed by atoms with E-state index >= 15 is 0 Å². The number of rotatable bonds is 4. The van der Waals surface area contributed by atoms with E-state index in [-0.39, 0.29) is 5.69 Å². The Morgan fingerprint density at radius 3 is 2.37 bits per heavy atom. The zero-order valence-electron chi connectivity index (χ0n) is 16.4. The fourth-order valence-corrected chi connectivity index (χ4v) is 4.11. The van der Waals surface area contributed by atoms with Gasteiger partial charge in [0.25, 0.3) is 5.69 Å². The fraction of sp³-hybridized carbons (Fsp3) is 0.227. The molecule has 0 amide bonds. The first-order valence-corrected chi connectivity index (χ1v) is 9.16. The summed E-state index contributed by atoms with van der Waals surface area (Å²) in [6.07, 6.45) is 0. The van der Waals surface area contributed by atoms with Gasteiger partial charge in [0.15, 0.2) is 0 Å². The fourth-order valence-electron chi connectivity index (χ4n) is 4.11.